The van der Waals surface area contributed by atoms with Gasteiger partial charge in [-0.2, -0.15) is 0 Å². The molecule has 3 N–H and O–H groups in total. The molecule has 0 saturated carbocycles. The van der Waals surface area contributed by atoms with Crippen molar-refractivity contribution in [3.8, 4) is 5.75 Å². The topological polar surface area (TPSA) is 64.3 Å². The highest BCUT2D eigenvalue weighted by atomic mass is 19.1. The van der Waals surface area contributed by atoms with E-state index in [1.165, 1.54) is 12.1 Å². The number of carbonyl (C=O) groups is 1. The Labute approximate surface area is 113 Å². The lowest BCUT2D eigenvalue weighted by molar-refractivity contribution is -0.123. The molecule has 0 radical (unpaired) electrons. The molecule has 1 aromatic carbocycles. The molecule has 1 atom stereocenters. The summed E-state index contributed by atoms with van der Waals surface area (Å²) in [5.41, 5.74) is 6.45. The average molecular weight is 268 g/mol. The monoisotopic (exact) mass is 268 g/mol. The molecule has 0 aliphatic carbocycles. The summed E-state index contributed by atoms with van der Waals surface area (Å²) in [5, 5.41) is 2.73. The summed E-state index contributed by atoms with van der Waals surface area (Å²) in [5.74, 6) is 0.0445. The Hall–Kier alpha value is -1.62. The minimum Gasteiger partial charge on any atom is -0.483 e. The number of nitrogens with two attached hydrogens (primary N) is 1. The maximum absolute atomic E-state index is 13.2. The van der Waals surface area contributed by atoms with E-state index < -0.39 is 5.82 Å². The Balaban J connectivity index is 2.61. The number of halogens is 1. The highest BCUT2D eigenvalue weighted by Crippen LogP contribution is 2.24. The van der Waals surface area contributed by atoms with Gasteiger partial charge in [0.25, 0.3) is 5.91 Å². The van der Waals surface area contributed by atoms with Crippen molar-refractivity contribution in [3.05, 3.63) is 29.6 Å². The first kappa shape index (κ1) is 15.4. The summed E-state index contributed by atoms with van der Waals surface area (Å²) in [4.78, 5) is 11.5. The van der Waals surface area contributed by atoms with Gasteiger partial charge in [0.2, 0.25) is 0 Å². The third-order valence-electron chi connectivity index (χ3n) is 2.53. The van der Waals surface area contributed by atoms with Crippen LogP contribution in [0, 0.1) is 11.7 Å². The zero-order chi connectivity index (χ0) is 14.4. The fourth-order valence-corrected chi connectivity index (χ4v) is 1.52. The van der Waals surface area contributed by atoms with E-state index in [2.05, 4.69) is 5.32 Å². The zero-order valence-corrected chi connectivity index (χ0v) is 11.6. The molecule has 1 rings (SSSR count). The molecule has 0 heterocycles. The van der Waals surface area contributed by atoms with E-state index in [-0.39, 0.29) is 18.6 Å². The highest BCUT2D eigenvalue weighted by molar-refractivity contribution is 5.77. The third-order valence-corrected chi connectivity index (χ3v) is 2.53. The Morgan fingerprint density at radius 2 is 2.11 bits per heavy atom. The van der Waals surface area contributed by atoms with Crippen LogP contribution in [0.25, 0.3) is 0 Å². The number of benzene rings is 1. The first-order valence-electron chi connectivity index (χ1n) is 6.34. The molecule has 0 unspecified atom stereocenters. The minimum absolute atomic E-state index is 0.143. The van der Waals surface area contributed by atoms with Gasteiger partial charge in [-0.3, -0.25) is 4.79 Å². The summed E-state index contributed by atoms with van der Waals surface area (Å²) in [6.45, 7) is 6.23. The number of hydrogen-bond acceptors (Lipinski definition) is 3. The van der Waals surface area contributed by atoms with Gasteiger partial charge in [-0.05, 0) is 18.9 Å². The van der Waals surface area contributed by atoms with Crippen molar-refractivity contribution in [1.82, 2.24) is 5.32 Å². The van der Waals surface area contributed by atoms with Gasteiger partial charge in [-0.25, -0.2) is 4.39 Å². The van der Waals surface area contributed by atoms with Crippen molar-refractivity contribution >= 4 is 5.91 Å². The van der Waals surface area contributed by atoms with Crippen LogP contribution in [0.3, 0.4) is 0 Å². The molecule has 0 spiro atoms. The van der Waals surface area contributed by atoms with E-state index in [1.807, 2.05) is 13.8 Å². The zero-order valence-electron chi connectivity index (χ0n) is 11.6. The highest BCUT2D eigenvalue weighted by Gasteiger charge is 2.11. The lowest BCUT2D eigenvalue weighted by atomic mass is 10.1. The number of amides is 1. The van der Waals surface area contributed by atoms with Gasteiger partial charge in [0.1, 0.15) is 11.6 Å². The average Bonchev–Trinajstić information content (AvgIpc) is 2.33. The van der Waals surface area contributed by atoms with Gasteiger partial charge < -0.3 is 15.8 Å². The number of carbonyl (C=O) groups excluding carboxylic acids is 1. The second-order valence-electron chi connectivity index (χ2n) is 4.96. The maximum Gasteiger partial charge on any atom is 0.257 e. The summed E-state index contributed by atoms with van der Waals surface area (Å²) in [6, 6.07) is 3.86. The summed E-state index contributed by atoms with van der Waals surface area (Å²) >= 11 is 0. The van der Waals surface area contributed by atoms with Gasteiger partial charge in [0.05, 0.1) is 0 Å². The molecule has 4 nitrogen and oxygen atoms in total. The number of rotatable bonds is 6. The van der Waals surface area contributed by atoms with E-state index in [0.717, 1.165) is 0 Å². The summed E-state index contributed by atoms with van der Waals surface area (Å²) in [6.07, 6.45) is 0. The molecular weight excluding hydrogens is 247 g/mol. The smallest absolute Gasteiger partial charge is 0.257 e. The molecule has 0 aromatic heterocycles. The third kappa shape index (κ3) is 5.26. The number of nitrogens with one attached hydrogen (secondary N) is 1. The maximum atomic E-state index is 13.2. The number of hydrogen-bond donors (Lipinski definition) is 2. The quantitative estimate of drug-likeness (QED) is 0.829. The standard InChI is InChI=1S/C14H21FN2O2/c1-9(2)7-17-14(18)8-19-13-6-11(15)4-5-12(13)10(3)16/h4-6,9-10H,7-8,16H2,1-3H3,(H,17,18)/t10-/m0/s1. The molecule has 0 fully saturated rings. The van der Waals surface area contributed by atoms with Crippen LogP contribution in [-0.4, -0.2) is 19.1 Å². The fraction of sp³-hybridized carbons (Fsp3) is 0.500. The predicted molar refractivity (Wildman–Crippen MR) is 72.3 cm³/mol. The van der Waals surface area contributed by atoms with Crippen molar-refractivity contribution < 1.29 is 13.9 Å². The van der Waals surface area contributed by atoms with Crippen LogP contribution in [-0.2, 0) is 4.79 Å². The predicted octanol–water partition coefficient (Wildman–Crippen LogP) is 2.00. The summed E-state index contributed by atoms with van der Waals surface area (Å²) in [7, 11) is 0. The normalized spacial score (nSPS) is 12.3. The molecule has 1 amide bonds. The van der Waals surface area contributed by atoms with E-state index in [4.69, 9.17) is 10.5 Å². The van der Waals surface area contributed by atoms with E-state index >= 15 is 0 Å². The molecule has 19 heavy (non-hydrogen) atoms. The molecule has 106 valence electrons. The van der Waals surface area contributed by atoms with E-state index in [1.54, 1.807) is 13.0 Å². The Bertz CT molecular complexity index is 433. The lowest BCUT2D eigenvalue weighted by Crippen LogP contribution is -2.32. The second kappa shape index (κ2) is 7.09. The SMILES string of the molecule is CC(C)CNC(=O)COc1cc(F)ccc1[C@H](C)N. The Morgan fingerprint density at radius 3 is 2.68 bits per heavy atom. The van der Waals surface area contributed by atoms with Crippen molar-refractivity contribution in [2.75, 3.05) is 13.2 Å². The van der Waals surface area contributed by atoms with Crippen LogP contribution >= 0.6 is 0 Å². The van der Waals surface area contributed by atoms with Crippen molar-refractivity contribution in [3.63, 3.8) is 0 Å². The molecule has 0 bridgehead atoms. The molecule has 0 aliphatic rings. The van der Waals surface area contributed by atoms with Gasteiger partial charge in [0, 0.05) is 24.2 Å². The second-order valence-corrected chi connectivity index (χ2v) is 4.96. The van der Waals surface area contributed by atoms with Crippen LogP contribution in [0.5, 0.6) is 5.75 Å². The molecular formula is C14H21FN2O2. The van der Waals surface area contributed by atoms with E-state index in [0.29, 0.717) is 23.8 Å². The minimum atomic E-state index is -0.415. The fourth-order valence-electron chi connectivity index (χ4n) is 1.52. The Kier molecular flexibility index (Phi) is 5.76. The van der Waals surface area contributed by atoms with Crippen LogP contribution in [0.15, 0.2) is 18.2 Å². The van der Waals surface area contributed by atoms with Crippen molar-refractivity contribution in [1.29, 1.82) is 0 Å². The van der Waals surface area contributed by atoms with Crippen LogP contribution in [0.4, 0.5) is 4.39 Å². The van der Waals surface area contributed by atoms with Gasteiger partial charge in [-0.1, -0.05) is 19.9 Å². The number of ether oxygens (including phenoxy) is 1. The molecule has 0 aliphatic heterocycles. The van der Waals surface area contributed by atoms with Crippen LogP contribution in [0.1, 0.15) is 32.4 Å². The molecule has 5 heteroatoms. The lowest BCUT2D eigenvalue weighted by Gasteiger charge is -2.14. The first-order valence-corrected chi connectivity index (χ1v) is 6.34. The summed E-state index contributed by atoms with van der Waals surface area (Å²) < 4.78 is 18.5. The van der Waals surface area contributed by atoms with Crippen LogP contribution in [0.2, 0.25) is 0 Å². The van der Waals surface area contributed by atoms with Gasteiger partial charge >= 0.3 is 0 Å². The molecule has 1 aromatic rings. The van der Waals surface area contributed by atoms with Gasteiger partial charge in [0.15, 0.2) is 6.61 Å². The largest absolute Gasteiger partial charge is 0.483 e. The van der Waals surface area contributed by atoms with Crippen molar-refractivity contribution in [2.24, 2.45) is 11.7 Å². The van der Waals surface area contributed by atoms with Gasteiger partial charge in [-0.15, -0.1) is 0 Å². The van der Waals surface area contributed by atoms with Crippen molar-refractivity contribution in [2.45, 2.75) is 26.8 Å². The first-order chi connectivity index (χ1) is 8.90. The Morgan fingerprint density at radius 1 is 1.42 bits per heavy atom. The van der Waals surface area contributed by atoms with E-state index in [9.17, 15) is 9.18 Å². The van der Waals surface area contributed by atoms with Crippen LogP contribution < -0.4 is 15.8 Å². The molecule has 0 saturated heterocycles.